The molecule has 2 unspecified atom stereocenters. The molecule has 2 atom stereocenters. The van der Waals surface area contributed by atoms with Crippen LogP contribution in [0.4, 0.5) is 0 Å². The maximum Gasteiger partial charge on any atom is 0.226 e. The van der Waals surface area contributed by atoms with Crippen LogP contribution in [0.15, 0.2) is 12.5 Å². The fourth-order valence-electron chi connectivity index (χ4n) is 3.63. The summed E-state index contributed by atoms with van der Waals surface area (Å²) < 4.78 is 0. The Morgan fingerprint density at radius 1 is 1.28 bits per heavy atom. The summed E-state index contributed by atoms with van der Waals surface area (Å²) in [6, 6.07) is 0.651. The third-order valence-electron chi connectivity index (χ3n) is 4.83. The molecule has 1 aromatic rings. The van der Waals surface area contributed by atoms with E-state index in [9.17, 15) is 4.79 Å². The lowest BCUT2D eigenvalue weighted by Crippen LogP contribution is -2.46. The fourth-order valence-corrected chi connectivity index (χ4v) is 3.63. The third-order valence-corrected chi connectivity index (χ3v) is 4.83. The van der Waals surface area contributed by atoms with Crippen LogP contribution in [0.1, 0.15) is 49.4 Å². The van der Waals surface area contributed by atoms with Crippen LogP contribution in [-0.4, -0.2) is 26.8 Å². The van der Waals surface area contributed by atoms with E-state index in [1.165, 1.54) is 12.0 Å². The molecule has 1 saturated carbocycles. The normalized spacial score (nSPS) is 29.9. The highest BCUT2D eigenvalue weighted by Crippen LogP contribution is 2.45. The summed E-state index contributed by atoms with van der Waals surface area (Å²) in [5, 5.41) is 0. The van der Waals surface area contributed by atoms with Gasteiger partial charge in [-0.15, -0.1) is 0 Å². The Morgan fingerprint density at radius 2 is 2.17 bits per heavy atom. The number of amides is 1. The molecule has 0 spiro atoms. The molecule has 94 valence electrons. The van der Waals surface area contributed by atoms with Gasteiger partial charge in [-0.3, -0.25) is 4.79 Å². The van der Waals surface area contributed by atoms with Crippen molar-refractivity contribution in [3.8, 4) is 0 Å². The van der Waals surface area contributed by atoms with Crippen molar-refractivity contribution >= 4 is 5.91 Å². The van der Waals surface area contributed by atoms with Crippen molar-refractivity contribution in [2.24, 2.45) is 5.92 Å². The second kappa shape index (κ2) is 3.77. The van der Waals surface area contributed by atoms with Gasteiger partial charge in [-0.05, 0) is 25.7 Å². The van der Waals surface area contributed by atoms with E-state index in [2.05, 4.69) is 14.9 Å². The molecule has 0 aromatic carbocycles. The Kier molecular flexibility index (Phi) is 2.19. The largest absolute Gasteiger partial charge is 0.332 e. The number of hydrogen-bond acceptors (Lipinski definition) is 3. The van der Waals surface area contributed by atoms with Crippen LogP contribution in [0.2, 0.25) is 0 Å². The summed E-state index contributed by atoms with van der Waals surface area (Å²) in [4.78, 5) is 23.2. The maximum absolute atomic E-state index is 12.5. The monoisotopic (exact) mass is 243 g/mol. The molecule has 3 heterocycles. The molecule has 1 aromatic heterocycles. The lowest BCUT2D eigenvalue weighted by Gasteiger charge is -2.39. The average Bonchev–Trinajstić information content (AvgIpc) is 2.63. The number of fused-ring (bicyclic) bond motifs is 4. The quantitative estimate of drug-likeness (QED) is 0.756. The van der Waals surface area contributed by atoms with Gasteiger partial charge in [-0.25, -0.2) is 9.97 Å². The molecule has 0 radical (unpaired) electrons. The minimum absolute atomic E-state index is 0.257. The Hall–Kier alpha value is -1.45. The lowest BCUT2D eigenvalue weighted by atomic mass is 9.83. The summed E-state index contributed by atoms with van der Waals surface area (Å²) in [5.41, 5.74) is 2.36. The average molecular weight is 243 g/mol. The predicted molar refractivity (Wildman–Crippen MR) is 65.7 cm³/mol. The number of carbonyl (C=O) groups is 1. The molecule has 1 amide bonds. The van der Waals surface area contributed by atoms with Crippen molar-refractivity contribution in [2.75, 3.05) is 0 Å². The van der Waals surface area contributed by atoms with Gasteiger partial charge in [0.2, 0.25) is 5.91 Å². The molecular weight excluding hydrogens is 226 g/mol. The number of carbonyl (C=O) groups excluding carboxylic acids is 1. The van der Waals surface area contributed by atoms with Gasteiger partial charge in [-0.2, -0.15) is 0 Å². The zero-order valence-electron chi connectivity index (χ0n) is 10.4. The van der Waals surface area contributed by atoms with E-state index < -0.39 is 0 Å². The number of aromatic nitrogens is 2. The van der Waals surface area contributed by atoms with E-state index in [1.807, 2.05) is 6.20 Å². The van der Waals surface area contributed by atoms with Crippen LogP contribution in [0.3, 0.4) is 0 Å². The smallest absolute Gasteiger partial charge is 0.226 e. The highest BCUT2D eigenvalue weighted by atomic mass is 16.2. The van der Waals surface area contributed by atoms with Crippen LogP contribution in [-0.2, 0) is 11.2 Å². The Labute approximate surface area is 106 Å². The molecule has 4 heteroatoms. The summed E-state index contributed by atoms with van der Waals surface area (Å²) in [6.45, 7) is 0. The lowest BCUT2D eigenvalue weighted by molar-refractivity contribution is -0.141. The minimum Gasteiger partial charge on any atom is -0.332 e. The van der Waals surface area contributed by atoms with Crippen LogP contribution in [0.25, 0.3) is 0 Å². The van der Waals surface area contributed by atoms with E-state index in [0.29, 0.717) is 17.9 Å². The molecule has 2 fully saturated rings. The van der Waals surface area contributed by atoms with Crippen LogP contribution < -0.4 is 0 Å². The van der Waals surface area contributed by atoms with Crippen molar-refractivity contribution < 1.29 is 4.79 Å². The molecule has 0 N–H and O–H groups in total. The van der Waals surface area contributed by atoms with Crippen LogP contribution in [0.5, 0.6) is 0 Å². The van der Waals surface area contributed by atoms with Gasteiger partial charge in [0.1, 0.15) is 6.33 Å². The first kappa shape index (κ1) is 10.5. The minimum atomic E-state index is 0.257. The summed E-state index contributed by atoms with van der Waals surface area (Å²) in [7, 11) is 0. The maximum atomic E-state index is 12.5. The summed E-state index contributed by atoms with van der Waals surface area (Å²) >= 11 is 0. The molecule has 18 heavy (non-hydrogen) atoms. The molecule has 3 aliphatic rings. The molecule has 4 rings (SSSR count). The van der Waals surface area contributed by atoms with Gasteiger partial charge in [0.05, 0.1) is 11.7 Å². The van der Waals surface area contributed by atoms with E-state index in [4.69, 9.17) is 0 Å². The van der Waals surface area contributed by atoms with E-state index in [0.717, 1.165) is 37.8 Å². The zero-order chi connectivity index (χ0) is 12.1. The first-order chi connectivity index (χ1) is 8.84. The predicted octanol–water partition coefficient (Wildman–Crippen LogP) is 1.86. The van der Waals surface area contributed by atoms with Gasteiger partial charge >= 0.3 is 0 Å². The number of rotatable bonds is 1. The Balaban J connectivity index is 1.69. The Bertz CT molecular complexity index is 498. The molecule has 2 bridgehead atoms. The second-order valence-corrected chi connectivity index (χ2v) is 5.75. The van der Waals surface area contributed by atoms with Crippen LogP contribution in [0, 0.1) is 5.92 Å². The third kappa shape index (κ3) is 1.35. The van der Waals surface area contributed by atoms with E-state index >= 15 is 0 Å². The number of hydrogen-bond donors (Lipinski definition) is 0. The number of nitrogens with zero attached hydrogens (tertiary/aromatic N) is 3. The Morgan fingerprint density at radius 3 is 2.94 bits per heavy atom. The van der Waals surface area contributed by atoms with Gasteiger partial charge in [0.15, 0.2) is 0 Å². The zero-order valence-corrected chi connectivity index (χ0v) is 10.4. The van der Waals surface area contributed by atoms with Crippen molar-refractivity contribution in [1.29, 1.82) is 0 Å². The highest BCUT2D eigenvalue weighted by molar-refractivity contribution is 5.81. The van der Waals surface area contributed by atoms with Crippen molar-refractivity contribution in [2.45, 2.75) is 50.6 Å². The highest BCUT2D eigenvalue weighted by Gasteiger charge is 2.45. The van der Waals surface area contributed by atoms with Gasteiger partial charge < -0.3 is 4.90 Å². The molecule has 1 saturated heterocycles. The first-order valence-corrected chi connectivity index (χ1v) is 6.95. The second-order valence-electron chi connectivity index (χ2n) is 5.75. The van der Waals surface area contributed by atoms with Gasteiger partial charge in [0.25, 0.3) is 0 Å². The van der Waals surface area contributed by atoms with Gasteiger partial charge in [0, 0.05) is 30.1 Å². The first-order valence-electron chi connectivity index (χ1n) is 6.95. The van der Waals surface area contributed by atoms with Crippen molar-refractivity contribution in [3.63, 3.8) is 0 Å². The molecule has 1 aliphatic carbocycles. The van der Waals surface area contributed by atoms with Gasteiger partial charge in [-0.1, -0.05) is 6.42 Å². The summed E-state index contributed by atoms with van der Waals surface area (Å²) in [6.07, 6.45) is 10.1. The summed E-state index contributed by atoms with van der Waals surface area (Å²) in [5.74, 6) is 0.697. The molecule has 4 nitrogen and oxygen atoms in total. The van der Waals surface area contributed by atoms with E-state index in [-0.39, 0.29) is 6.04 Å². The van der Waals surface area contributed by atoms with Crippen molar-refractivity contribution in [1.82, 2.24) is 14.9 Å². The molecular formula is C14H17N3O. The standard InChI is InChI=1S/C14H17N3O/c18-14(9-2-1-3-9)17-10-4-5-13(17)11-7-15-8-16-12(11)6-10/h7-10,13H,1-6H2. The van der Waals surface area contributed by atoms with Crippen LogP contribution >= 0.6 is 0 Å². The van der Waals surface area contributed by atoms with Crippen molar-refractivity contribution in [3.05, 3.63) is 23.8 Å². The fraction of sp³-hybridized carbons (Fsp3) is 0.643. The molecule has 2 aliphatic heterocycles. The topological polar surface area (TPSA) is 46.1 Å². The SMILES string of the molecule is O=C(C1CCC1)N1C2CCC1c1cncnc1C2. The van der Waals surface area contributed by atoms with E-state index in [1.54, 1.807) is 6.33 Å².